The molecule has 4 atom stereocenters. The van der Waals surface area contributed by atoms with Gasteiger partial charge < -0.3 is 54.2 Å². The van der Waals surface area contributed by atoms with Crippen LogP contribution >= 0.6 is 0 Å². The Kier molecular flexibility index (Phi) is 17.2. The molecule has 222 valence electrons. The molecule has 0 aromatic heterocycles. The number of guanidine groups is 1. The van der Waals surface area contributed by atoms with Crippen LogP contribution in [0.3, 0.4) is 0 Å². The van der Waals surface area contributed by atoms with Crippen LogP contribution < -0.4 is 38.9 Å². The van der Waals surface area contributed by atoms with Crippen molar-refractivity contribution in [3.63, 3.8) is 0 Å². The maximum atomic E-state index is 13.1. The van der Waals surface area contributed by atoms with Crippen molar-refractivity contribution in [2.75, 3.05) is 13.1 Å². The predicted molar refractivity (Wildman–Crippen MR) is 138 cm³/mol. The van der Waals surface area contributed by atoms with Crippen LogP contribution in [0.2, 0.25) is 0 Å². The molecule has 0 aromatic rings. The fraction of sp³-hybridized carbons (Fsp3) is 0.682. The molecule has 0 aliphatic rings. The molecule has 0 saturated heterocycles. The largest absolute Gasteiger partial charge is 0.481 e. The van der Waals surface area contributed by atoms with Gasteiger partial charge in [0.25, 0.3) is 0 Å². The third-order valence-corrected chi connectivity index (χ3v) is 5.43. The number of rotatable bonds is 21. The van der Waals surface area contributed by atoms with Crippen LogP contribution in [0.1, 0.15) is 57.8 Å². The average molecular weight is 561 g/mol. The van der Waals surface area contributed by atoms with Crippen LogP contribution in [0.4, 0.5) is 0 Å². The number of carboxylic acid groups (broad SMARTS) is 3. The highest BCUT2D eigenvalue weighted by Crippen LogP contribution is 2.07. The fourth-order valence-electron chi connectivity index (χ4n) is 3.29. The van der Waals surface area contributed by atoms with Crippen molar-refractivity contribution >= 4 is 41.6 Å². The summed E-state index contributed by atoms with van der Waals surface area (Å²) in [4.78, 5) is 75.4. The number of nitrogens with two attached hydrogens (primary N) is 4. The van der Waals surface area contributed by atoms with Crippen molar-refractivity contribution in [2.24, 2.45) is 27.9 Å². The minimum absolute atomic E-state index is 0.0266. The van der Waals surface area contributed by atoms with E-state index in [0.717, 1.165) is 0 Å². The second kappa shape index (κ2) is 19.1. The number of unbranched alkanes of at least 4 members (excludes halogenated alkanes) is 1. The van der Waals surface area contributed by atoms with Gasteiger partial charge in [0.2, 0.25) is 17.7 Å². The van der Waals surface area contributed by atoms with Crippen molar-refractivity contribution in [1.82, 2.24) is 16.0 Å². The lowest BCUT2D eigenvalue weighted by Gasteiger charge is -2.25. The Hall–Kier alpha value is -3.99. The number of hydrogen-bond acceptors (Lipinski definition) is 9. The van der Waals surface area contributed by atoms with Crippen LogP contribution in [0.5, 0.6) is 0 Å². The van der Waals surface area contributed by atoms with E-state index < -0.39 is 72.6 Å². The van der Waals surface area contributed by atoms with E-state index in [2.05, 4.69) is 20.9 Å². The first kappa shape index (κ1) is 35.0. The first-order valence-electron chi connectivity index (χ1n) is 12.4. The van der Waals surface area contributed by atoms with E-state index in [0.29, 0.717) is 19.4 Å². The summed E-state index contributed by atoms with van der Waals surface area (Å²) < 4.78 is 0. The van der Waals surface area contributed by atoms with Crippen molar-refractivity contribution in [1.29, 1.82) is 0 Å². The summed E-state index contributed by atoms with van der Waals surface area (Å²) in [6, 6.07) is -5.17. The normalized spacial score (nSPS) is 13.7. The average Bonchev–Trinajstić information content (AvgIpc) is 2.85. The van der Waals surface area contributed by atoms with Gasteiger partial charge in [-0.15, -0.1) is 0 Å². The van der Waals surface area contributed by atoms with Gasteiger partial charge in [-0.3, -0.25) is 29.0 Å². The topological polar surface area (TPSA) is 316 Å². The number of carbonyl (C=O) groups excluding carboxylic acids is 3. The monoisotopic (exact) mass is 560 g/mol. The van der Waals surface area contributed by atoms with Gasteiger partial charge in [0, 0.05) is 19.4 Å². The smallest absolute Gasteiger partial charge is 0.326 e. The molecule has 0 rings (SSSR count). The Labute approximate surface area is 225 Å². The van der Waals surface area contributed by atoms with Gasteiger partial charge in [-0.1, -0.05) is 0 Å². The molecule has 0 fully saturated rings. The molecule has 39 heavy (non-hydrogen) atoms. The number of hydrogen-bond donors (Lipinski definition) is 10. The Morgan fingerprint density at radius 2 is 1.15 bits per heavy atom. The zero-order valence-corrected chi connectivity index (χ0v) is 21.6. The van der Waals surface area contributed by atoms with Crippen LogP contribution in [0, 0.1) is 0 Å². The Morgan fingerprint density at radius 3 is 1.64 bits per heavy atom. The number of aliphatic carboxylic acids is 3. The zero-order chi connectivity index (χ0) is 30.0. The van der Waals surface area contributed by atoms with E-state index in [1.807, 2.05) is 0 Å². The second-order valence-corrected chi connectivity index (χ2v) is 8.73. The van der Waals surface area contributed by atoms with Crippen LogP contribution in [0.15, 0.2) is 4.99 Å². The van der Waals surface area contributed by atoms with Crippen LogP contribution in [-0.2, 0) is 28.8 Å². The van der Waals surface area contributed by atoms with E-state index in [1.165, 1.54) is 0 Å². The van der Waals surface area contributed by atoms with Gasteiger partial charge in [-0.05, 0) is 51.5 Å². The van der Waals surface area contributed by atoms with E-state index >= 15 is 0 Å². The van der Waals surface area contributed by atoms with Crippen molar-refractivity contribution in [3.8, 4) is 0 Å². The van der Waals surface area contributed by atoms with Crippen LogP contribution in [0.25, 0.3) is 0 Å². The molecule has 0 aliphatic heterocycles. The lowest BCUT2D eigenvalue weighted by molar-refractivity contribution is -0.143. The molecule has 0 spiro atoms. The lowest BCUT2D eigenvalue weighted by atomic mass is 10.0. The van der Waals surface area contributed by atoms with Gasteiger partial charge in [0.1, 0.15) is 18.1 Å². The van der Waals surface area contributed by atoms with Gasteiger partial charge in [-0.2, -0.15) is 0 Å². The minimum Gasteiger partial charge on any atom is -0.481 e. The van der Waals surface area contributed by atoms with Crippen LogP contribution in [-0.4, -0.2) is 94.2 Å². The molecule has 4 unspecified atom stereocenters. The van der Waals surface area contributed by atoms with Gasteiger partial charge in [0.05, 0.1) is 6.04 Å². The molecule has 14 N–H and O–H groups in total. The quantitative estimate of drug-likeness (QED) is 0.0375. The Balaban J connectivity index is 5.67. The fourth-order valence-corrected chi connectivity index (χ4v) is 3.29. The van der Waals surface area contributed by atoms with Gasteiger partial charge in [0.15, 0.2) is 5.96 Å². The van der Waals surface area contributed by atoms with Crippen molar-refractivity contribution < 1.29 is 44.1 Å². The minimum atomic E-state index is -1.53. The zero-order valence-electron chi connectivity index (χ0n) is 21.6. The first-order chi connectivity index (χ1) is 18.3. The summed E-state index contributed by atoms with van der Waals surface area (Å²) in [5.41, 5.74) is 21.8. The third kappa shape index (κ3) is 16.5. The highest BCUT2D eigenvalue weighted by atomic mass is 16.4. The van der Waals surface area contributed by atoms with E-state index in [9.17, 15) is 33.9 Å². The molecule has 0 radical (unpaired) electrons. The van der Waals surface area contributed by atoms with Gasteiger partial charge in [-0.25, -0.2) is 4.79 Å². The third-order valence-electron chi connectivity index (χ3n) is 5.43. The number of amides is 3. The van der Waals surface area contributed by atoms with Crippen molar-refractivity contribution in [3.05, 3.63) is 0 Å². The molecule has 3 amide bonds. The van der Waals surface area contributed by atoms with Gasteiger partial charge >= 0.3 is 17.9 Å². The first-order valence-corrected chi connectivity index (χ1v) is 12.4. The molecule has 0 saturated carbocycles. The number of nitrogens with zero attached hydrogens (tertiary/aromatic N) is 1. The molecular formula is C22H40N8O9. The Bertz CT molecular complexity index is 880. The highest BCUT2D eigenvalue weighted by molar-refractivity contribution is 5.94. The summed E-state index contributed by atoms with van der Waals surface area (Å²) in [5, 5.41) is 34.2. The maximum absolute atomic E-state index is 13.1. The number of nitrogens with one attached hydrogen (secondary N) is 3. The second-order valence-electron chi connectivity index (χ2n) is 8.73. The molecule has 0 aromatic carbocycles. The molecule has 17 heteroatoms. The summed E-state index contributed by atoms with van der Waals surface area (Å²) in [6.45, 7) is 0.418. The summed E-state index contributed by atoms with van der Waals surface area (Å²) >= 11 is 0. The molecular weight excluding hydrogens is 520 g/mol. The van der Waals surface area contributed by atoms with E-state index in [1.54, 1.807) is 0 Å². The van der Waals surface area contributed by atoms with E-state index in [4.69, 9.17) is 33.1 Å². The van der Waals surface area contributed by atoms with Crippen molar-refractivity contribution in [2.45, 2.75) is 82.0 Å². The Morgan fingerprint density at radius 1 is 0.667 bits per heavy atom. The lowest BCUT2D eigenvalue weighted by Crippen LogP contribution is -2.57. The SMILES string of the molecule is NCCCCC(NC(=O)C(N)CCC(=O)O)C(=O)NC(CCCN=C(N)N)C(=O)NC(CCC(=O)O)C(=O)O. The molecule has 17 nitrogen and oxygen atoms in total. The standard InChI is InChI=1S/C22H40N8O9/c23-10-2-1-4-13(28-18(35)12(24)6-8-16(31)32)19(36)29-14(5-3-11-27-22(25)26)20(37)30-15(21(38)39)7-9-17(33)34/h12-15H,1-11,23-24H2,(H,28,35)(H,29,36)(H,30,37)(H,31,32)(H,33,34)(H,38,39)(H4,25,26,27). The maximum Gasteiger partial charge on any atom is 0.326 e. The number of aliphatic imine (C=N–C) groups is 1. The van der Waals surface area contributed by atoms with E-state index in [-0.39, 0.29) is 44.6 Å². The number of carbonyl (C=O) groups is 6. The highest BCUT2D eigenvalue weighted by Gasteiger charge is 2.30. The molecule has 0 aliphatic carbocycles. The predicted octanol–water partition coefficient (Wildman–Crippen LogP) is -3.24. The molecule has 0 heterocycles. The summed E-state index contributed by atoms with van der Waals surface area (Å²) in [7, 11) is 0. The summed E-state index contributed by atoms with van der Waals surface area (Å²) in [6.07, 6.45) is -0.181. The summed E-state index contributed by atoms with van der Waals surface area (Å²) in [5.74, 6) is -6.49. The number of carboxylic acids is 3. The molecule has 0 bridgehead atoms.